The van der Waals surface area contributed by atoms with Gasteiger partial charge in [-0.05, 0) is 62.7 Å². The molecule has 1 aliphatic heterocycles. The number of carbonyl (C=O) groups excluding carboxylic acids is 1. The molecule has 4 heteroatoms. The number of amides is 1. The first-order valence-electron chi connectivity index (χ1n) is 8.01. The zero-order chi connectivity index (χ0) is 14.1. The lowest BCUT2D eigenvalue weighted by Gasteiger charge is -2.35. The van der Waals surface area contributed by atoms with Crippen molar-refractivity contribution >= 4 is 22.8 Å². The van der Waals surface area contributed by atoms with E-state index in [2.05, 4.69) is 24.2 Å². The topological polar surface area (TPSA) is 41.5 Å². The van der Waals surface area contributed by atoms with Gasteiger partial charge in [0.1, 0.15) is 4.75 Å². The zero-order valence-corrected chi connectivity index (χ0v) is 13.4. The third kappa shape index (κ3) is 1.66. The van der Waals surface area contributed by atoms with Crippen molar-refractivity contribution in [1.82, 2.24) is 5.32 Å². The molecule has 4 saturated carbocycles. The van der Waals surface area contributed by atoms with Crippen molar-refractivity contribution < 1.29 is 4.79 Å². The molecule has 0 radical (unpaired) electrons. The predicted octanol–water partition coefficient (Wildman–Crippen LogP) is 3.20. The summed E-state index contributed by atoms with van der Waals surface area (Å²) in [4.78, 5) is 16.6. The minimum Gasteiger partial charge on any atom is -0.359 e. The molecule has 4 bridgehead atoms. The molecule has 1 amide bonds. The minimum absolute atomic E-state index is 0.0501. The van der Waals surface area contributed by atoms with Crippen LogP contribution < -0.4 is 5.32 Å². The highest BCUT2D eigenvalue weighted by Gasteiger charge is 2.59. The second kappa shape index (κ2) is 4.02. The van der Waals surface area contributed by atoms with Gasteiger partial charge in [-0.3, -0.25) is 4.79 Å². The fourth-order valence-electron chi connectivity index (χ4n) is 5.10. The van der Waals surface area contributed by atoms with Crippen molar-refractivity contribution in [2.24, 2.45) is 28.7 Å². The molecule has 3 atom stereocenters. The van der Waals surface area contributed by atoms with Gasteiger partial charge in [-0.2, -0.15) is 4.99 Å². The zero-order valence-electron chi connectivity index (χ0n) is 12.6. The van der Waals surface area contributed by atoms with Crippen LogP contribution in [0, 0.1) is 23.7 Å². The van der Waals surface area contributed by atoms with Crippen LogP contribution in [0.1, 0.15) is 52.9 Å². The lowest BCUT2D eigenvalue weighted by molar-refractivity contribution is -0.120. The Morgan fingerprint density at radius 1 is 1.25 bits per heavy atom. The fraction of sp³-hybridized carbons (Fsp3) is 0.875. The van der Waals surface area contributed by atoms with Crippen LogP contribution in [0.3, 0.4) is 0 Å². The Morgan fingerprint density at radius 2 is 1.90 bits per heavy atom. The van der Waals surface area contributed by atoms with Gasteiger partial charge in [-0.25, -0.2) is 0 Å². The molecule has 0 aromatic heterocycles. The molecule has 0 aromatic rings. The Hall–Kier alpha value is -0.510. The lowest BCUT2D eigenvalue weighted by Crippen LogP contribution is -2.48. The molecule has 0 aromatic carbocycles. The molecule has 4 fully saturated rings. The number of rotatable bonds is 2. The van der Waals surface area contributed by atoms with Crippen LogP contribution in [-0.4, -0.2) is 21.4 Å². The summed E-state index contributed by atoms with van der Waals surface area (Å²) in [6.45, 7) is 6.27. The third-order valence-corrected chi connectivity index (χ3v) is 7.84. The average Bonchev–Trinajstić information content (AvgIpc) is 2.85. The van der Waals surface area contributed by atoms with Crippen molar-refractivity contribution in [2.45, 2.75) is 63.2 Å². The summed E-state index contributed by atoms with van der Waals surface area (Å²) in [6, 6.07) is 0. The van der Waals surface area contributed by atoms with Crippen LogP contribution in [0.5, 0.6) is 0 Å². The van der Waals surface area contributed by atoms with Gasteiger partial charge in [-0.15, -0.1) is 0 Å². The summed E-state index contributed by atoms with van der Waals surface area (Å²) in [5, 5.41) is 4.65. The maximum Gasteiger partial charge on any atom is 0.264 e. The second-order valence-corrected chi connectivity index (χ2v) is 9.35. The van der Waals surface area contributed by atoms with E-state index in [0.717, 1.165) is 22.9 Å². The van der Waals surface area contributed by atoms with Crippen molar-refractivity contribution in [3.05, 3.63) is 0 Å². The summed E-state index contributed by atoms with van der Waals surface area (Å²) >= 11 is 1.67. The van der Waals surface area contributed by atoms with Gasteiger partial charge in [0.25, 0.3) is 5.91 Å². The van der Waals surface area contributed by atoms with Gasteiger partial charge in [0.2, 0.25) is 0 Å². The molecule has 5 aliphatic rings. The van der Waals surface area contributed by atoms with Crippen molar-refractivity contribution in [2.75, 3.05) is 0 Å². The van der Waals surface area contributed by atoms with Crippen molar-refractivity contribution in [3.8, 4) is 0 Å². The Morgan fingerprint density at radius 3 is 2.45 bits per heavy atom. The molecular weight excluding hydrogens is 268 g/mol. The second-order valence-electron chi connectivity index (χ2n) is 7.91. The van der Waals surface area contributed by atoms with Gasteiger partial charge < -0.3 is 5.32 Å². The van der Waals surface area contributed by atoms with Crippen LogP contribution in [0.2, 0.25) is 0 Å². The summed E-state index contributed by atoms with van der Waals surface area (Å²) in [6.07, 6.45) is 6.86. The van der Waals surface area contributed by atoms with E-state index in [1.54, 1.807) is 11.8 Å². The standard InChI is InChI=1S/C16H24N2OS/c1-9(2)15(3)13(19)17-14(20-15)18-16-7-10-4-11(8-16)6-12(16)5-10/h9-12H,4-8H2,1-3H3,(H,17,18,19). The lowest BCUT2D eigenvalue weighted by atomic mass is 9.80. The maximum atomic E-state index is 12.2. The van der Waals surface area contributed by atoms with E-state index in [0.29, 0.717) is 5.92 Å². The van der Waals surface area contributed by atoms with E-state index in [1.165, 1.54) is 32.1 Å². The minimum atomic E-state index is -0.366. The highest BCUT2D eigenvalue weighted by atomic mass is 32.2. The Kier molecular flexibility index (Phi) is 2.65. The summed E-state index contributed by atoms with van der Waals surface area (Å²) in [5.41, 5.74) is 0.280. The Bertz CT molecular complexity index is 487. The molecule has 3 unspecified atom stereocenters. The molecule has 3 nitrogen and oxygen atoms in total. The van der Waals surface area contributed by atoms with Crippen LogP contribution in [0.15, 0.2) is 4.99 Å². The van der Waals surface area contributed by atoms with Crippen LogP contribution in [0.25, 0.3) is 0 Å². The van der Waals surface area contributed by atoms with Gasteiger partial charge >= 0.3 is 0 Å². The summed E-state index contributed by atoms with van der Waals surface area (Å²) < 4.78 is -0.366. The number of nitrogens with one attached hydrogen (secondary N) is 1. The number of amidine groups is 1. The summed E-state index contributed by atoms with van der Waals surface area (Å²) in [5.74, 6) is 3.06. The number of carbonyl (C=O) groups is 1. The van der Waals surface area contributed by atoms with Crippen LogP contribution in [0.4, 0.5) is 0 Å². The number of aliphatic imine (C=N–C) groups is 1. The highest BCUT2D eigenvalue weighted by Crippen LogP contribution is 2.60. The molecule has 110 valence electrons. The molecule has 1 N–H and O–H groups in total. The monoisotopic (exact) mass is 292 g/mol. The molecule has 0 saturated heterocycles. The third-order valence-electron chi connectivity index (χ3n) is 6.38. The average molecular weight is 292 g/mol. The SMILES string of the molecule is CC(C)C1(C)SC(NC23CC4CC(CC2C4)C3)=NC1=O. The van der Waals surface area contributed by atoms with Gasteiger partial charge in [0.05, 0.1) is 0 Å². The van der Waals surface area contributed by atoms with E-state index in [4.69, 9.17) is 0 Å². The summed E-state index contributed by atoms with van der Waals surface area (Å²) in [7, 11) is 0. The maximum absolute atomic E-state index is 12.2. The van der Waals surface area contributed by atoms with Crippen molar-refractivity contribution in [1.29, 1.82) is 0 Å². The fourth-order valence-corrected chi connectivity index (χ4v) is 6.26. The molecule has 5 rings (SSSR count). The first kappa shape index (κ1) is 13.2. The van der Waals surface area contributed by atoms with Crippen molar-refractivity contribution in [3.63, 3.8) is 0 Å². The largest absolute Gasteiger partial charge is 0.359 e. The van der Waals surface area contributed by atoms with Gasteiger partial charge in [-0.1, -0.05) is 25.6 Å². The number of thioether (sulfide) groups is 1. The van der Waals surface area contributed by atoms with Crippen LogP contribution in [-0.2, 0) is 4.79 Å². The quantitative estimate of drug-likeness (QED) is 0.850. The number of nitrogens with zero attached hydrogens (tertiary/aromatic N) is 1. The number of hydrogen-bond acceptors (Lipinski definition) is 3. The Labute approximate surface area is 125 Å². The highest BCUT2D eigenvalue weighted by molar-refractivity contribution is 8.16. The molecule has 0 spiro atoms. The van der Waals surface area contributed by atoms with Crippen LogP contribution >= 0.6 is 11.8 Å². The number of hydrogen-bond donors (Lipinski definition) is 1. The van der Waals surface area contributed by atoms with Gasteiger partial charge in [0.15, 0.2) is 5.17 Å². The van der Waals surface area contributed by atoms with E-state index < -0.39 is 0 Å². The van der Waals surface area contributed by atoms with E-state index in [-0.39, 0.29) is 16.2 Å². The normalized spacial score (nSPS) is 49.3. The predicted molar refractivity (Wildman–Crippen MR) is 82.7 cm³/mol. The van der Waals surface area contributed by atoms with E-state index in [9.17, 15) is 4.79 Å². The molecular formula is C16H24N2OS. The van der Waals surface area contributed by atoms with E-state index >= 15 is 0 Å². The Balaban J connectivity index is 1.54. The smallest absolute Gasteiger partial charge is 0.264 e. The molecule has 4 aliphatic carbocycles. The van der Waals surface area contributed by atoms with E-state index in [1.807, 2.05) is 6.92 Å². The molecule has 20 heavy (non-hydrogen) atoms. The first-order chi connectivity index (χ1) is 9.41. The molecule has 1 heterocycles. The van der Waals surface area contributed by atoms with Gasteiger partial charge in [0, 0.05) is 5.54 Å². The first-order valence-corrected chi connectivity index (χ1v) is 8.83.